The molecular formula is C19H10F4N4O2. The first-order valence-corrected chi connectivity index (χ1v) is 7.97. The van der Waals surface area contributed by atoms with Gasteiger partial charge in [0.1, 0.15) is 11.5 Å². The highest BCUT2D eigenvalue weighted by molar-refractivity contribution is 6.05. The molecule has 0 atom stereocenters. The van der Waals surface area contributed by atoms with Crippen LogP contribution in [0.4, 0.5) is 23.2 Å². The molecule has 1 N–H and O–H groups in total. The van der Waals surface area contributed by atoms with Gasteiger partial charge >= 0.3 is 6.18 Å². The minimum atomic E-state index is -4.85. The molecule has 2 aromatic carbocycles. The van der Waals surface area contributed by atoms with E-state index in [4.69, 9.17) is 5.26 Å². The molecule has 29 heavy (non-hydrogen) atoms. The Kier molecular flexibility index (Phi) is 5.14. The Hall–Kier alpha value is -4.00. The molecule has 0 unspecified atom stereocenters. The van der Waals surface area contributed by atoms with E-state index in [-0.39, 0.29) is 16.8 Å². The van der Waals surface area contributed by atoms with Gasteiger partial charge in [-0.1, -0.05) is 12.1 Å². The van der Waals surface area contributed by atoms with Crippen LogP contribution in [0.2, 0.25) is 0 Å². The average molecular weight is 402 g/mol. The second-order valence-electron chi connectivity index (χ2n) is 5.76. The zero-order valence-corrected chi connectivity index (χ0v) is 14.4. The number of hydrogen-bond acceptors (Lipinski definition) is 4. The van der Waals surface area contributed by atoms with E-state index in [1.165, 1.54) is 36.4 Å². The van der Waals surface area contributed by atoms with Crippen LogP contribution in [0, 0.1) is 17.1 Å². The Labute approximate surface area is 161 Å². The lowest BCUT2D eigenvalue weighted by atomic mass is 10.1. The number of benzene rings is 2. The fourth-order valence-electron chi connectivity index (χ4n) is 2.53. The van der Waals surface area contributed by atoms with Crippen molar-refractivity contribution < 1.29 is 27.2 Å². The number of anilines is 1. The highest BCUT2D eigenvalue weighted by atomic mass is 19.4. The first-order chi connectivity index (χ1) is 13.7. The van der Waals surface area contributed by atoms with Gasteiger partial charge in [-0.15, -0.1) is 0 Å². The summed E-state index contributed by atoms with van der Waals surface area (Å²) in [5.74, 6) is -2.06. The van der Waals surface area contributed by atoms with Crippen LogP contribution in [0.15, 0.2) is 48.5 Å². The van der Waals surface area contributed by atoms with Gasteiger partial charge in [-0.2, -0.15) is 23.5 Å². The maximum atomic E-state index is 14.0. The van der Waals surface area contributed by atoms with Gasteiger partial charge in [-0.3, -0.25) is 9.59 Å². The molecule has 0 bridgehead atoms. The Bertz CT molecular complexity index is 1150. The van der Waals surface area contributed by atoms with Crippen molar-refractivity contribution in [2.75, 3.05) is 5.32 Å². The van der Waals surface area contributed by atoms with Gasteiger partial charge in [-0.25, -0.2) is 9.07 Å². The summed E-state index contributed by atoms with van der Waals surface area (Å²) >= 11 is 0. The normalized spacial score (nSPS) is 11.0. The number of para-hydroxylation sites is 1. The smallest absolute Gasteiger partial charge is 0.318 e. The third kappa shape index (κ3) is 3.98. The molecule has 1 aromatic heterocycles. The van der Waals surface area contributed by atoms with Gasteiger partial charge in [0.15, 0.2) is 12.0 Å². The van der Waals surface area contributed by atoms with Crippen molar-refractivity contribution in [2.24, 2.45) is 0 Å². The number of aromatic nitrogens is 2. The largest absolute Gasteiger partial charge is 0.435 e. The van der Waals surface area contributed by atoms with Gasteiger partial charge in [0, 0.05) is 11.6 Å². The van der Waals surface area contributed by atoms with Gasteiger partial charge < -0.3 is 5.32 Å². The Morgan fingerprint density at radius 2 is 1.90 bits per heavy atom. The van der Waals surface area contributed by atoms with Crippen molar-refractivity contribution in [2.45, 2.75) is 6.18 Å². The quantitative estimate of drug-likeness (QED) is 0.529. The molecule has 3 aromatic rings. The maximum absolute atomic E-state index is 14.0. The molecule has 6 nitrogen and oxygen atoms in total. The van der Waals surface area contributed by atoms with E-state index in [2.05, 4.69) is 10.4 Å². The molecule has 0 aliphatic carbocycles. The second-order valence-corrected chi connectivity index (χ2v) is 5.76. The molecule has 1 amide bonds. The summed E-state index contributed by atoms with van der Waals surface area (Å²) in [4.78, 5) is 23.7. The molecule has 10 heteroatoms. The number of amides is 1. The SMILES string of the molecule is N#Cc1cccc(-n2nc(C(F)(F)F)cc2C(=O)Nc2c(F)cccc2C=O)c1. The van der Waals surface area contributed by atoms with Crippen LogP contribution >= 0.6 is 0 Å². The van der Waals surface area contributed by atoms with Crippen LogP contribution in [0.5, 0.6) is 0 Å². The summed E-state index contributed by atoms with van der Waals surface area (Å²) < 4.78 is 54.2. The number of carbonyl (C=O) groups is 2. The van der Waals surface area contributed by atoms with E-state index in [0.717, 1.165) is 6.07 Å². The molecule has 3 rings (SSSR count). The second kappa shape index (κ2) is 7.55. The number of aldehydes is 1. The summed E-state index contributed by atoms with van der Waals surface area (Å²) in [6, 6.07) is 11.2. The van der Waals surface area contributed by atoms with Crippen LogP contribution in [0.1, 0.15) is 32.1 Å². The lowest BCUT2D eigenvalue weighted by Crippen LogP contribution is -2.18. The van der Waals surface area contributed by atoms with Crippen molar-refractivity contribution in [1.82, 2.24) is 9.78 Å². The Morgan fingerprint density at radius 3 is 2.55 bits per heavy atom. The summed E-state index contributed by atoms with van der Waals surface area (Å²) in [7, 11) is 0. The van der Waals surface area contributed by atoms with E-state index in [0.29, 0.717) is 17.0 Å². The summed E-state index contributed by atoms with van der Waals surface area (Å²) in [5, 5.41) is 14.5. The van der Waals surface area contributed by atoms with E-state index in [9.17, 15) is 27.2 Å². The van der Waals surface area contributed by atoms with E-state index < -0.39 is 35.0 Å². The molecular weight excluding hydrogens is 392 g/mol. The number of nitrogens with one attached hydrogen (secondary N) is 1. The number of nitriles is 1. The molecule has 0 radical (unpaired) electrons. The fourth-order valence-corrected chi connectivity index (χ4v) is 2.53. The number of carbonyl (C=O) groups excluding carboxylic acids is 2. The van der Waals surface area contributed by atoms with Crippen molar-refractivity contribution in [3.8, 4) is 11.8 Å². The highest BCUT2D eigenvalue weighted by Gasteiger charge is 2.36. The van der Waals surface area contributed by atoms with Gasteiger partial charge in [0.25, 0.3) is 5.91 Å². The molecule has 0 aliphatic heterocycles. The van der Waals surface area contributed by atoms with Crippen LogP contribution < -0.4 is 5.32 Å². The van der Waals surface area contributed by atoms with E-state index >= 15 is 0 Å². The fraction of sp³-hybridized carbons (Fsp3) is 0.0526. The topological polar surface area (TPSA) is 87.8 Å². The van der Waals surface area contributed by atoms with Crippen molar-refractivity contribution in [3.63, 3.8) is 0 Å². The molecule has 146 valence electrons. The van der Waals surface area contributed by atoms with Gasteiger partial charge in [0.05, 0.1) is 23.0 Å². The summed E-state index contributed by atoms with van der Waals surface area (Å²) in [6.07, 6.45) is -4.55. The number of nitrogens with zero attached hydrogens (tertiary/aromatic N) is 3. The summed E-state index contributed by atoms with van der Waals surface area (Å²) in [5.41, 5.74) is -2.42. The summed E-state index contributed by atoms with van der Waals surface area (Å²) in [6.45, 7) is 0. The van der Waals surface area contributed by atoms with Crippen LogP contribution in [-0.2, 0) is 6.18 Å². The van der Waals surface area contributed by atoms with Crippen LogP contribution in [-0.4, -0.2) is 22.0 Å². The minimum absolute atomic E-state index is 0.0221. The van der Waals surface area contributed by atoms with Crippen molar-refractivity contribution in [1.29, 1.82) is 5.26 Å². The number of hydrogen-bond donors (Lipinski definition) is 1. The first kappa shape index (κ1) is 19.8. The standard InChI is InChI=1S/C19H10F4N4O2/c20-14-6-2-4-12(10-28)17(14)25-18(29)15-8-16(19(21,22)23)26-27(15)13-5-1-3-11(7-13)9-24/h1-8,10H,(H,25,29). The third-order valence-corrected chi connectivity index (χ3v) is 3.86. The Morgan fingerprint density at radius 1 is 1.17 bits per heavy atom. The molecule has 0 saturated heterocycles. The number of halogens is 4. The average Bonchev–Trinajstić information content (AvgIpc) is 3.15. The molecule has 0 aliphatic rings. The van der Waals surface area contributed by atoms with E-state index in [1.54, 1.807) is 0 Å². The first-order valence-electron chi connectivity index (χ1n) is 7.97. The minimum Gasteiger partial charge on any atom is -0.318 e. The van der Waals surface area contributed by atoms with Gasteiger partial charge in [0.2, 0.25) is 0 Å². The van der Waals surface area contributed by atoms with Crippen molar-refractivity contribution in [3.05, 3.63) is 76.9 Å². The van der Waals surface area contributed by atoms with Crippen LogP contribution in [0.3, 0.4) is 0 Å². The molecule has 0 spiro atoms. The zero-order valence-electron chi connectivity index (χ0n) is 14.4. The molecule has 1 heterocycles. The lowest BCUT2D eigenvalue weighted by Gasteiger charge is -2.10. The van der Waals surface area contributed by atoms with Crippen molar-refractivity contribution >= 4 is 17.9 Å². The third-order valence-electron chi connectivity index (χ3n) is 3.86. The highest BCUT2D eigenvalue weighted by Crippen LogP contribution is 2.30. The number of rotatable bonds is 4. The zero-order chi connectivity index (χ0) is 21.2. The van der Waals surface area contributed by atoms with Crippen LogP contribution in [0.25, 0.3) is 5.69 Å². The molecule has 0 fully saturated rings. The van der Waals surface area contributed by atoms with Gasteiger partial charge in [-0.05, 0) is 30.3 Å². The lowest BCUT2D eigenvalue weighted by molar-refractivity contribution is -0.141. The maximum Gasteiger partial charge on any atom is 0.435 e. The Balaban J connectivity index is 2.11. The number of alkyl halides is 3. The van der Waals surface area contributed by atoms with E-state index in [1.807, 2.05) is 6.07 Å². The predicted octanol–water partition coefficient (Wildman–Crippen LogP) is 3.97. The monoisotopic (exact) mass is 402 g/mol. The molecule has 0 saturated carbocycles. The predicted molar refractivity (Wildman–Crippen MR) is 93.0 cm³/mol.